The molecule has 1 saturated heterocycles. The molecule has 1 atom stereocenters. The predicted molar refractivity (Wildman–Crippen MR) is 53.1 cm³/mol. The van der Waals surface area contributed by atoms with Gasteiger partial charge in [0, 0.05) is 0 Å². The van der Waals surface area contributed by atoms with Crippen molar-refractivity contribution in [2.75, 3.05) is 13.2 Å². The van der Waals surface area contributed by atoms with Crippen LogP contribution in [-0.4, -0.2) is 25.8 Å². The van der Waals surface area contributed by atoms with E-state index in [1.165, 1.54) is 0 Å². The Bertz CT molecular complexity index is 358. The van der Waals surface area contributed by atoms with Crippen LogP contribution in [0.4, 0.5) is 0 Å². The van der Waals surface area contributed by atoms with Crippen molar-refractivity contribution >= 4 is 6.47 Å². The Kier molecular flexibility index (Phi) is 2.87. The monoisotopic (exact) mass is 208 g/mol. The van der Waals surface area contributed by atoms with Crippen molar-refractivity contribution in [3.8, 4) is 11.5 Å². The molecule has 1 aromatic rings. The molecular weight excluding hydrogens is 196 g/mol. The molecular formula is C11H12O4. The van der Waals surface area contributed by atoms with Gasteiger partial charge in [-0.25, -0.2) is 0 Å². The van der Waals surface area contributed by atoms with Gasteiger partial charge in [0.2, 0.25) is 0 Å². The smallest absolute Gasteiger partial charge is 0.298 e. The zero-order valence-electron chi connectivity index (χ0n) is 8.43. The summed E-state index contributed by atoms with van der Waals surface area (Å²) in [7, 11) is 0. The van der Waals surface area contributed by atoms with Gasteiger partial charge in [0.1, 0.15) is 12.7 Å². The molecule has 0 aromatic heterocycles. The van der Waals surface area contributed by atoms with E-state index in [9.17, 15) is 4.79 Å². The molecule has 0 N–H and O–H groups in total. The highest BCUT2D eigenvalue weighted by Gasteiger charge is 2.23. The molecule has 1 aliphatic rings. The second-order valence-electron chi connectivity index (χ2n) is 3.43. The van der Waals surface area contributed by atoms with Crippen LogP contribution in [0.3, 0.4) is 0 Å². The lowest BCUT2D eigenvalue weighted by Crippen LogP contribution is -2.05. The van der Waals surface area contributed by atoms with E-state index in [1.807, 2.05) is 13.0 Å². The molecule has 4 heteroatoms. The number of rotatable bonds is 5. The van der Waals surface area contributed by atoms with Gasteiger partial charge in [-0.05, 0) is 24.6 Å². The second kappa shape index (κ2) is 4.31. The summed E-state index contributed by atoms with van der Waals surface area (Å²) in [4.78, 5) is 10.3. The molecule has 1 aromatic carbocycles. The molecule has 4 nitrogen and oxygen atoms in total. The first kappa shape index (κ1) is 9.98. The third-order valence-corrected chi connectivity index (χ3v) is 2.10. The lowest BCUT2D eigenvalue weighted by atomic mass is 10.2. The van der Waals surface area contributed by atoms with E-state index in [-0.39, 0.29) is 6.10 Å². The molecule has 1 heterocycles. The normalized spacial score (nSPS) is 18.3. The SMILES string of the molecule is Cc1ccc(OC[C@H]2CO2)c(OC=O)c1. The van der Waals surface area contributed by atoms with Crippen LogP contribution in [0.1, 0.15) is 5.56 Å². The van der Waals surface area contributed by atoms with Gasteiger partial charge in [-0.15, -0.1) is 0 Å². The number of carbonyl (C=O) groups excluding carboxylic acids is 1. The molecule has 0 radical (unpaired) electrons. The summed E-state index contributed by atoms with van der Waals surface area (Å²) in [5.41, 5.74) is 1.02. The highest BCUT2D eigenvalue weighted by molar-refractivity contribution is 5.51. The Morgan fingerprint density at radius 3 is 3.00 bits per heavy atom. The minimum atomic E-state index is 0.190. The zero-order chi connectivity index (χ0) is 10.7. The summed E-state index contributed by atoms with van der Waals surface area (Å²) >= 11 is 0. The number of epoxide rings is 1. The van der Waals surface area contributed by atoms with Gasteiger partial charge < -0.3 is 14.2 Å². The van der Waals surface area contributed by atoms with E-state index in [0.717, 1.165) is 12.2 Å². The maximum Gasteiger partial charge on any atom is 0.298 e. The Labute approximate surface area is 87.8 Å². The minimum Gasteiger partial charge on any atom is -0.487 e. The summed E-state index contributed by atoms with van der Waals surface area (Å²) in [5, 5.41) is 0. The van der Waals surface area contributed by atoms with E-state index in [2.05, 4.69) is 0 Å². The number of ether oxygens (including phenoxy) is 3. The summed E-state index contributed by atoms with van der Waals surface area (Å²) in [6, 6.07) is 5.45. The van der Waals surface area contributed by atoms with Crippen molar-refractivity contribution in [2.45, 2.75) is 13.0 Å². The average molecular weight is 208 g/mol. The van der Waals surface area contributed by atoms with E-state index >= 15 is 0 Å². The Balaban J connectivity index is 2.08. The summed E-state index contributed by atoms with van der Waals surface area (Å²) < 4.78 is 15.3. The fraction of sp³-hybridized carbons (Fsp3) is 0.364. The van der Waals surface area contributed by atoms with Crippen molar-refractivity contribution < 1.29 is 19.0 Å². The van der Waals surface area contributed by atoms with E-state index in [1.54, 1.807) is 12.1 Å². The van der Waals surface area contributed by atoms with E-state index in [4.69, 9.17) is 14.2 Å². The van der Waals surface area contributed by atoms with Crippen molar-refractivity contribution in [2.24, 2.45) is 0 Å². The molecule has 0 aliphatic carbocycles. The number of benzene rings is 1. The lowest BCUT2D eigenvalue weighted by molar-refractivity contribution is -0.120. The largest absolute Gasteiger partial charge is 0.487 e. The maximum atomic E-state index is 10.3. The molecule has 0 amide bonds. The quantitative estimate of drug-likeness (QED) is 0.540. The van der Waals surface area contributed by atoms with E-state index < -0.39 is 0 Å². The Hall–Kier alpha value is -1.55. The number of carbonyl (C=O) groups is 1. The molecule has 1 aliphatic heterocycles. The standard InChI is InChI=1S/C11H12O4/c1-8-2-3-10(11(4-8)15-7-12)14-6-9-5-13-9/h2-4,7,9H,5-6H2,1H3/t9-/m1/s1. The van der Waals surface area contributed by atoms with Gasteiger partial charge in [-0.1, -0.05) is 6.07 Å². The van der Waals surface area contributed by atoms with Crippen LogP contribution in [0, 0.1) is 6.92 Å². The van der Waals surface area contributed by atoms with Crippen molar-refractivity contribution in [3.05, 3.63) is 23.8 Å². The minimum absolute atomic E-state index is 0.190. The summed E-state index contributed by atoms with van der Waals surface area (Å²) in [6.45, 7) is 3.56. The summed E-state index contributed by atoms with van der Waals surface area (Å²) in [6.07, 6.45) is 0.190. The van der Waals surface area contributed by atoms with Gasteiger partial charge in [-0.3, -0.25) is 4.79 Å². The van der Waals surface area contributed by atoms with Crippen LogP contribution in [0.15, 0.2) is 18.2 Å². The third kappa shape index (κ3) is 2.70. The van der Waals surface area contributed by atoms with Crippen LogP contribution in [0.25, 0.3) is 0 Å². The molecule has 0 spiro atoms. The van der Waals surface area contributed by atoms with Gasteiger partial charge >= 0.3 is 0 Å². The van der Waals surface area contributed by atoms with Gasteiger partial charge in [0.25, 0.3) is 6.47 Å². The van der Waals surface area contributed by atoms with Crippen LogP contribution in [-0.2, 0) is 9.53 Å². The maximum absolute atomic E-state index is 10.3. The zero-order valence-corrected chi connectivity index (χ0v) is 8.43. The molecule has 80 valence electrons. The third-order valence-electron chi connectivity index (χ3n) is 2.10. The highest BCUT2D eigenvalue weighted by atomic mass is 16.6. The first-order valence-electron chi connectivity index (χ1n) is 4.75. The molecule has 15 heavy (non-hydrogen) atoms. The van der Waals surface area contributed by atoms with Crippen LogP contribution in [0.2, 0.25) is 0 Å². The average Bonchev–Trinajstić information content (AvgIpc) is 3.01. The highest BCUT2D eigenvalue weighted by Crippen LogP contribution is 2.28. The van der Waals surface area contributed by atoms with Crippen LogP contribution >= 0.6 is 0 Å². The first-order valence-corrected chi connectivity index (χ1v) is 4.75. The lowest BCUT2D eigenvalue weighted by Gasteiger charge is -2.09. The number of hydrogen-bond donors (Lipinski definition) is 0. The van der Waals surface area contributed by atoms with Gasteiger partial charge in [0.05, 0.1) is 6.61 Å². The van der Waals surface area contributed by atoms with Crippen molar-refractivity contribution in [3.63, 3.8) is 0 Å². The van der Waals surface area contributed by atoms with Gasteiger partial charge in [-0.2, -0.15) is 0 Å². The Morgan fingerprint density at radius 1 is 1.53 bits per heavy atom. The van der Waals surface area contributed by atoms with Crippen molar-refractivity contribution in [1.82, 2.24) is 0 Å². The Morgan fingerprint density at radius 2 is 2.33 bits per heavy atom. The van der Waals surface area contributed by atoms with Crippen molar-refractivity contribution in [1.29, 1.82) is 0 Å². The molecule has 1 fully saturated rings. The predicted octanol–water partition coefficient (Wildman–Crippen LogP) is 1.31. The first-order chi connectivity index (χ1) is 7.29. The van der Waals surface area contributed by atoms with E-state index in [0.29, 0.717) is 24.6 Å². The van der Waals surface area contributed by atoms with Gasteiger partial charge in [0.15, 0.2) is 11.5 Å². The molecule has 0 saturated carbocycles. The molecule has 0 unspecified atom stereocenters. The summed E-state index contributed by atoms with van der Waals surface area (Å²) in [5.74, 6) is 1.02. The molecule has 2 rings (SSSR count). The second-order valence-corrected chi connectivity index (χ2v) is 3.43. The fourth-order valence-corrected chi connectivity index (χ4v) is 1.23. The fourth-order valence-electron chi connectivity index (χ4n) is 1.23. The van der Waals surface area contributed by atoms with Crippen LogP contribution in [0.5, 0.6) is 11.5 Å². The number of aryl methyl sites for hydroxylation is 1. The molecule has 0 bridgehead atoms. The topological polar surface area (TPSA) is 48.1 Å². The number of hydrogen-bond acceptors (Lipinski definition) is 4. The van der Waals surface area contributed by atoms with Crippen LogP contribution < -0.4 is 9.47 Å².